The molecule has 1 aromatic carbocycles. The lowest BCUT2D eigenvalue weighted by atomic mass is 10.2. The normalized spacial score (nSPS) is 10.8. The highest BCUT2D eigenvalue weighted by Crippen LogP contribution is 2.21. The van der Waals surface area contributed by atoms with Crippen LogP contribution in [0.4, 0.5) is 5.13 Å². The predicted octanol–water partition coefficient (Wildman–Crippen LogP) is 3.11. The van der Waals surface area contributed by atoms with Crippen molar-refractivity contribution >= 4 is 34.1 Å². The Kier molecular flexibility index (Phi) is 5.77. The van der Waals surface area contributed by atoms with E-state index in [0.29, 0.717) is 10.3 Å². The van der Waals surface area contributed by atoms with E-state index < -0.39 is 0 Å². The molecule has 0 atom stereocenters. The molecule has 0 aliphatic carbocycles. The van der Waals surface area contributed by atoms with E-state index in [9.17, 15) is 4.79 Å². The first-order valence-electron chi connectivity index (χ1n) is 7.88. The van der Waals surface area contributed by atoms with E-state index in [-0.39, 0.29) is 11.7 Å². The molecule has 3 aromatic rings. The monoisotopic (exact) mass is 374 g/mol. The van der Waals surface area contributed by atoms with E-state index in [1.165, 1.54) is 28.7 Å². The molecule has 7 nitrogen and oxygen atoms in total. The molecule has 0 bridgehead atoms. The number of aryl methyl sites for hydroxylation is 2. The van der Waals surface area contributed by atoms with Gasteiger partial charge in [-0.2, -0.15) is 0 Å². The lowest BCUT2D eigenvalue weighted by molar-refractivity contribution is -0.113. The minimum Gasteiger partial charge on any atom is -0.300 e. The van der Waals surface area contributed by atoms with Crippen LogP contribution in [0.2, 0.25) is 0 Å². The molecule has 130 valence electrons. The number of carbonyl (C=O) groups is 1. The molecular weight excluding hydrogens is 356 g/mol. The molecule has 3 rings (SSSR count). The minimum absolute atomic E-state index is 0.136. The summed E-state index contributed by atoms with van der Waals surface area (Å²) >= 11 is 2.74. The molecule has 1 amide bonds. The fourth-order valence-corrected chi connectivity index (χ4v) is 3.70. The molecule has 0 spiro atoms. The number of rotatable bonds is 7. The van der Waals surface area contributed by atoms with E-state index in [1.807, 2.05) is 35.8 Å². The maximum absolute atomic E-state index is 12.1. The van der Waals surface area contributed by atoms with Crippen molar-refractivity contribution in [1.29, 1.82) is 0 Å². The number of carbonyl (C=O) groups excluding carboxylic acids is 1. The van der Waals surface area contributed by atoms with Crippen molar-refractivity contribution in [2.75, 3.05) is 11.1 Å². The second kappa shape index (κ2) is 8.21. The van der Waals surface area contributed by atoms with Crippen molar-refractivity contribution in [2.24, 2.45) is 0 Å². The zero-order valence-electron chi connectivity index (χ0n) is 14.0. The number of hydrogen-bond donors (Lipinski definition) is 1. The number of aromatic nitrogens is 5. The van der Waals surface area contributed by atoms with Crippen LogP contribution >= 0.6 is 23.1 Å². The number of benzene rings is 1. The standard InChI is InChI=1S/C16H18N6OS2/c1-3-4-14-19-20-15(25-14)18-13(23)9-24-16-21-17-10-22(16)12-7-5-11(2)6-8-12/h5-8,10H,3-4,9H2,1-2H3,(H,18,20,23). The van der Waals surface area contributed by atoms with Crippen molar-refractivity contribution in [1.82, 2.24) is 25.0 Å². The molecule has 2 aromatic heterocycles. The minimum atomic E-state index is -0.136. The average molecular weight is 374 g/mol. The van der Waals surface area contributed by atoms with Gasteiger partial charge < -0.3 is 0 Å². The van der Waals surface area contributed by atoms with Crippen molar-refractivity contribution in [3.8, 4) is 5.69 Å². The Morgan fingerprint density at radius 1 is 1.24 bits per heavy atom. The van der Waals surface area contributed by atoms with E-state index in [4.69, 9.17) is 0 Å². The third kappa shape index (κ3) is 4.64. The van der Waals surface area contributed by atoms with Gasteiger partial charge in [-0.15, -0.1) is 20.4 Å². The maximum Gasteiger partial charge on any atom is 0.236 e. The fourth-order valence-electron chi connectivity index (χ4n) is 2.11. The number of nitrogens with one attached hydrogen (secondary N) is 1. The van der Waals surface area contributed by atoms with Crippen LogP contribution in [0.3, 0.4) is 0 Å². The molecule has 0 saturated heterocycles. The summed E-state index contributed by atoms with van der Waals surface area (Å²) in [6, 6.07) is 8.05. The Hall–Kier alpha value is -2.26. The Morgan fingerprint density at radius 2 is 2.04 bits per heavy atom. The number of nitrogens with zero attached hydrogens (tertiary/aromatic N) is 5. The summed E-state index contributed by atoms with van der Waals surface area (Å²) in [7, 11) is 0. The van der Waals surface area contributed by atoms with Crippen LogP contribution in [-0.4, -0.2) is 36.6 Å². The molecule has 0 radical (unpaired) electrons. The van der Waals surface area contributed by atoms with Gasteiger partial charge in [0.1, 0.15) is 11.3 Å². The fraction of sp³-hybridized carbons (Fsp3) is 0.312. The number of amides is 1. The molecule has 2 heterocycles. The SMILES string of the molecule is CCCc1nnc(NC(=O)CSc2nncn2-c2ccc(C)cc2)s1. The van der Waals surface area contributed by atoms with E-state index in [2.05, 4.69) is 32.6 Å². The second-order valence-corrected chi connectivity index (χ2v) is 7.41. The van der Waals surface area contributed by atoms with Gasteiger partial charge in [-0.1, -0.05) is 47.7 Å². The quantitative estimate of drug-likeness (QED) is 0.640. The third-order valence-corrected chi connectivity index (χ3v) is 5.18. The van der Waals surface area contributed by atoms with Crippen LogP contribution in [0, 0.1) is 6.92 Å². The summed E-state index contributed by atoms with van der Waals surface area (Å²) < 4.78 is 1.86. The number of anilines is 1. The van der Waals surface area contributed by atoms with Crippen molar-refractivity contribution in [3.05, 3.63) is 41.2 Å². The lowest BCUT2D eigenvalue weighted by Crippen LogP contribution is -2.14. The Labute approximate surface area is 153 Å². The van der Waals surface area contributed by atoms with Crippen LogP contribution < -0.4 is 5.32 Å². The smallest absolute Gasteiger partial charge is 0.236 e. The van der Waals surface area contributed by atoms with Crippen LogP contribution in [-0.2, 0) is 11.2 Å². The first-order valence-corrected chi connectivity index (χ1v) is 9.68. The molecule has 0 aliphatic rings. The summed E-state index contributed by atoms with van der Waals surface area (Å²) in [5.41, 5.74) is 2.15. The molecule has 9 heteroatoms. The van der Waals surface area contributed by atoms with Gasteiger partial charge >= 0.3 is 0 Å². The zero-order valence-corrected chi connectivity index (χ0v) is 15.6. The van der Waals surface area contributed by atoms with Crippen molar-refractivity contribution < 1.29 is 4.79 Å². The van der Waals surface area contributed by atoms with E-state index in [0.717, 1.165) is 23.5 Å². The summed E-state index contributed by atoms with van der Waals surface area (Å²) in [6.07, 6.45) is 3.53. The first kappa shape index (κ1) is 17.6. The predicted molar refractivity (Wildman–Crippen MR) is 99.4 cm³/mol. The highest BCUT2D eigenvalue weighted by molar-refractivity contribution is 7.99. The highest BCUT2D eigenvalue weighted by atomic mass is 32.2. The van der Waals surface area contributed by atoms with Gasteiger partial charge in [0, 0.05) is 12.1 Å². The largest absolute Gasteiger partial charge is 0.300 e. The van der Waals surface area contributed by atoms with Gasteiger partial charge in [0.05, 0.1) is 5.75 Å². The Morgan fingerprint density at radius 3 is 2.80 bits per heavy atom. The van der Waals surface area contributed by atoms with Gasteiger partial charge in [0.25, 0.3) is 0 Å². The summed E-state index contributed by atoms with van der Waals surface area (Å²) in [5, 5.41) is 21.0. The highest BCUT2D eigenvalue weighted by Gasteiger charge is 2.12. The summed E-state index contributed by atoms with van der Waals surface area (Å²) in [5.74, 6) is 0.0930. The van der Waals surface area contributed by atoms with Crippen LogP contribution in [0.25, 0.3) is 5.69 Å². The molecule has 25 heavy (non-hydrogen) atoms. The molecule has 0 fully saturated rings. The number of hydrogen-bond acceptors (Lipinski definition) is 7. The first-order chi connectivity index (χ1) is 12.2. The van der Waals surface area contributed by atoms with Gasteiger partial charge in [-0.25, -0.2) is 0 Å². The zero-order chi connectivity index (χ0) is 17.6. The average Bonchev–Trinajstić information content (AvgIpc) is 3.23. The Bertz CT molecular complexity index is 842. The van der Waals surface area contributed by atoms with Crippen LogP contribution in [0.1, 0.15) is 23.9 Å². The molecule has 1 N–H and O–H groups in total. The van der Waals surface area contributed by atoms with Gasteiger partial charge in [0.2, 0.25) is 11.0 Å². The molecular formula is C16H18N6OS2. The lowest BCUT2D eigenvalue weighted by Gasteiger charge is -2.06. The van der Waals surface area contributed by atoms with Gasteiger partial charge in [-0.05, 0) is 25.5 Å². The molecule has 0 aliphatic heterocycles. The van der Waals surface area contributed by atoms with Crippen molar-refractivity contribution in [3.63, 3.8) is 0 Å². The third-order valence-electron chi connectivity index (χ3n) is 3.34. The van der Waals surface area contributed by atoms with E-state index in [1.54, 1.807) is 6.33 Å². The topological polar surface area (TPSA) is 85.6 Å². The Balaban J connectivity index is 1.59. The van der Waals surface area contributed by atoms with Gasteiger partial charge in [0.15, 0.2) is 5.16 Å². The molecule has 0 unspecified atom stereocenters. The summed E-state index contributed by atoms with van der Waals surface area (Å²) in [4.78, 5) is 12.1. The second-order valence-electron chi connectivity index (χ2n) is 5.41. The summed E-state index contributed by atoms with van der Waals surface area (Å²) in [6.45, 7) is 4.12. The van der Waals surface area contributed by atoms with Crippen LogP contribution in [0.15, 0.2) is 35.7 Å². The van der Waals surface area contributed by atoms with E-state index >= 15 is 0 Å². The van der Waals surface area contributed by atoms with Crippen molar-refractivity contribution in [2.45, 2.75) is 31.8 Å². The number of thioether (sulfide) groups is 1. The van der Waals surface area contributed by atoms with Gasteiger partial charge in [-0.3, -0.25) is 14.7 Å². The van der Waals surface area contributed by atoms with Crippen LogP contribution in [0.5, 0.6) is 0 Å². The maximum atomic E-state index is 12.1. The molecule has 0 saturated carbocycles.